The van der Waals surface area contributed by atoms with E-state index in [-0.39, 0.29) is 19.4 Å². The lowest BCUT2D eigenvalue weighted by atomic mass is 10.00. The maximum absolute atomic E-state index is 12.8. The fourth-order valence-corrected chi connectivity index (χ4v) is 7.49. The largest absolute Gasteiger partial charge is 0.462 e. The van der Waals surface area contributed by atoms with Crippen molar-refractivity contribution in [3.8, 4) is 0 Å². The zero-order chi connectivity index (χ0) is 39.9. The number of unbranched alkanes of at least 4 members (excludes halogenated alkanes) is 24. The topological polar surface area (TPSA) is 186 Å². The molecular formula is C41H78O12S. The van der Waals surface area contributed by atoms with Crippen LogP contribution in [0.25, 0.3) is 0 Å². The molecule has 0 spiro atoms. The van der Waals surface area contributed by atoms with Gasteiger partial charge in [0.05, 0.1) is 6.61 Å². The van der Waals surface area contributed by atoms with Gasteiger partial charge in [-0.1, -0.05) is 168 Å². The second-order valence-electron chi connectivity index (χ2n) is 15.4. The van der Waals surface area contributed by atoms with Crippen molar-refractivity contribution in [1.82, 2.24) is 0 Å². The first-order chi connectivity index (χ1) is 26.0. The molecule has 1 saturated heterocycles. The van der Waals surface area contributed by atoms with Gasteiger partial charge in [0.1, 0.15) is 36.8 Å². The van der Waals surface area contributed by atoms with Gasteiger partial charge in [0.15, 0.2) is 12.4 Å². The highest BCUT2D eigenvalue weighted by Gasteiger charge is 2.46. The molecule has 6 atom stereocenters. The normalized spacial score (nSPS) is 20.9. The van der Waals surface area contributed by atoms with Crippen molar-refractivity contribution in [3.05, 3.63) is 0 Å². The average molecular weight is 795 g/mol. The van der Waals surface area contributed by atoms with Gasteiger partial charge in [-0.05, 0) is 12.8 Å². The fourth-order valence-electron chi connectivity index (χ4n) is 6.79. The van der Waals surface area contributed by atoms with Gasteiger partial charge in [-0.2, -0.15) is 8.42 Å². The molecule has 1 aliphatic rings. The lowest BCUT2D eigenvalue weighted by Gasteiger charge is -2.40. The van der Waals surface area contributed by atoms with Gasteiger partial charge < -0.3 is 34.3 Å². The summed E-state index contributed by atoms with van der Waals surface area (Å²) in [6.07, 6.45) is 21.5. The first-order valence-electron chi connectivity index (χ1n) is 21.6. The van der Waals surface area contributed by atoms with Gasteiger partial charge in [0.25, 0.3) is 10.1 Å². The van der Waals surface area contributed by atoms with E-state index in [4.69, 9.17) is 18.9 Å². The number of ether oxygens (including phenoxy) is 4. The average Bonchev–Trinajstić information content (AvgIpc) is 3.13. The van der Waals surface area contributed by atoms with Crippen LogP contribution in [0.2, 0.25) is 0 Å². The van der Waals surface area contributed by atoms with E-state index in [1.165, 1.54) is 116 Å². The van der Waals surface area contributed by atoms with Crippen molar-refractivity contribution in [1.29, 1.82) is 0 Å². The number of aliphatic hydroxyl groups excluding tert-OH is 3. The summed E-state index contributed by atoms with van der Waals surface area (Å²) in [7, 11) is -4.59. The summed E-state index contributed by atoms with van der Waals surface area (Å²) < 4.78 is 53.9. The van der Waals surface area contributed by atoms with Crippen molar-refractivity contribution in [3.63, 3.8) is 0 Å². The molecule has 1 heterocycles. The van der Waals surface area contributed by atoms with E-state index in [2.05, 4.69) is 13.8 Å². The minimum atomic E-state index is -4.59. The third-order valence-corrected chi connectivity index (χ3v) is 10.9. The zero-order valence-corrected chi connectivity index (χ0v) is 34.7. The van der Waals surface area contributed by atoms with Gasteiger partial charge in [0.2, 0.25) is 0 Å². The van der Waals surface area contributed by atoms with E-state index in [1.54, 1.807) is 0 Å². The summed E-state index contributed by atoms with van der Waals surface area (Å²) in [5, 5.41) is 30.8. The van der Waals surface area contributed by atoms with Crippen LogP contribution in [-0.2, 0) is 38.7 Å². The van der Waals surface area contributed by atoms with Crippen LogP contribution >= 0.6 is 0 Å². The van der Waals surface area contributed by atoms with E-state index in [1.807, 2.05) is 0 Å². The van der Waals surface area contributed by atoms with Gasteiger partial charge in [-0.25, -0.2) is 0 Å². The maximum Gasteiger partial charge on any atom is 0.306 e. The Morgan fingerprint density at radius 1 is 0.556 bits per heavy atom. The van der Waals surface area contributed by atoms with Gasteiger partial charge in [0, 0.05) is 12.8 Å². The third kappa shape index (κ3) is 27.3. The van der Waals surface area contributed by atoms with Crippen LogP contribution in [0, 0.1) is 0 Å². The van der Waals surface area contributed by atoms with E-state index < -0.39 is 71.2 Å². The molecule has 12 nitrogen and oxygen atoms in total. The van der Waals surface area contributed by atoms with Crippen molar-refractivity contribution >= 4 is 22.1 Å². The van der Waals surface area contributed by atoms with E-state index >= 15 is 0 Å². The highest BCUT2D eigenvalue weighted by atomic mass is 32.2. The maximum atomic E-state index is 12.8. The highest BCUT2D eigenvalue weighted by molar-refractivity contribution is 7.85. The molecule has 0 aromatic rings. The number of esters is 2. The summed E-state index contributed by atoms with van der Waals surface area (Å²) in [4.78, 5) is 25.3. The Morgan fingerprint density at radius 2 is 0.944 bits per heavy atom. The lowest BCUT2D eigenvalue weighted by Crippen LogP contribution is -2.60. The van der Waals surface area contributed by atoms with Crippen LogP contribution in [0.5, 0.6) is 0 Å². The van der Waals surface area contributed by atoms with Gasteiger partial charge in [-0.3, -0.25) is 14.1 Å². The standard InChI is InChI=1S/C41H78O12S/c1-3-5-7-9-11-13-15-17-19-21-23-25-27-29-36(42)50-31-34(32-51-41-40(46)39(45)38(44)35(53-41)33-54(47,48)49)52-37(43)30-28-26-24-22-20-18-16-14-12-10-8-6-4-2/h34-35,38-41,44-46H,3-33H2,1-2H3,(H,47,48,49)/t34-,35-,38-,39+,40-,41-/m1/s1. The monoisotopic (exact) mass is 795 g/mol. The molecular weight excluding hydrogens is 717 g/mol. The van der Waals surface area contributed by atoms with Crippen molar-refractivity contribution in [2.75, 3.05) is 19.0 Å². The predicted molar refractivity (Wildman–Crippen MR) is 211 cm³/mol. The summed E-state index contributed by atoms with van der Waals surface area (Å²) in [5.74, 6) is -1.97. The predicted octanol–water partition coefficient (Wildman–Crippen LogP) is 8.12. The fraction of sp³-hybridized carbons (Fsp3) is 0.951. The number of hydrogen-bond donors (Lipinski definition) is 4. The van der Waals surface area contributed by atoms with Crippen molar-refractivity contribution in [2.45, 2.75) is 230 Å². The number of carbonyl (C=O) groups is 2. The molecule has 1 fully saturated rings. The molecule has 0 radical (unpaired) electrons. The molecule has 0 aliphatic carbocycles. The molecule has 320 valence electrons. The van der Waals surface area contributed by atoms with Gasteiger partial charge >= 0.3 is 11.9 Å². The zero-order valence-electron chi connectivity index (χ0n) is 33.8. The molecule has 0 unspecified atom stereocenters. The molecule has 0 amide bonds. The minimum absolute atomic E-state index is 0.172. The Hall–Kier alpha value is -1.35. The molecule has 1 aliphatic heterocycles. The molecule has 1 rings (SSSR count). The first-order valence-corrected chi connectivity index (χ1v) is 23.2. The SMILES string of the molecule is CCCCCCCCCCCCCCCC(=O)OC[C@H](CO[C@@H]1O[C@H](CS(=O)(=O)O)[C@@H](O)[C@H](O)[C@H]1O)OC(=O)CCCCCCCCCCCCCCC. The Labute approximate surface area is 327 Å². The third-order valence-electron chi connectivity index (χ3n) is 10.2. The van der Waals surface area contributed by atoms with Crippen LogP contribution < -0.4 is 0 Å². The number of carbonyl (C=O) groups excluding carboxylic acids is 2. The second-order valence-corrected chi connectivity index (χ2v) is 16.9. The number of hydrogen-bond acceptors (Lipinski definition) is 11. The summed E-state index contributed by atoms with van der Waals surface area (Å²) in [5.41, 5.74) is 0. The van der Waals surface area contributed by atoms with Crippen LogP contribution in [-0.4, -0.2) is 96.0 Å². The molecule has 0 aromatic heterocycles. The Morgan fingerprint density at radius 3 is 1.35 bits per heavy atom. The summed E-state index contributed by atoms with van der Waals surface area (Å²) in [6, 6.07) is 0. The Bertz CT molecular complexity index is 1030. The van der Waals surface area contributed by atoms with Crippen molar-refractivity contribution < 1.29 is 56.8 Å². The molecule has 13 heteroatoms. The Balaban J connectivity index is 2.46. The van der Waals surface area contributed by atoms with Gasteiger partial charge in [-0.15, -0.1) is 0 Å². The second kappa shape index (κ2) is 32.7. The molecule has 54 heavy (non-hydrogen) atoms. The summed E-state index contributed by atoms with van der Waals surface area (Å²) >= 11 is 0. The van der Waals surface area contributed by atoms with Crippen molar-refractivity contribution in [2.24, 2.45) is 0 Å². The smallest absolute Gasteiger partial charge is 0.306 e. The van der Waals surface area contributed by atoms with Crippen LogP contribution in [0.15, 0.2) is 0 Å². The first kappa shape index (κ1) is 50.7. The quantitative estimate of drug-likeness (QED) is 0.0272. The Kier molecular flexibility index (Phi) is 30.7. The summed E-state index contributed by atoms with van der Waals surface area (Å²) in [6.45, 7) is 3.76. The molecule has 0 bridgehead atoms. The van der Waals surface area contributed by atoms with Crippen LogP contribution in [0.4, 0.5) is 0 Å². The van der Waals surface area contributed by atoms with E-state index in [0.717, 1.165) is 38.5 Å². The lowest BCUT2D eigenvalue weighted by molar-refractivity contribution is -0.297. The highest BCUT2D eigenvalue weighted by Crippen LogP contribution is 2.24. The van der Waals surface area contributed by atoms with Crippen LogP contribution in [0.1, 0.15) is 194 Å². The van der Waals surface area contributed by atoms with E-state index in [9.17, 15) is 37.9 Å². The minimum Gasteiger partial charge on any atom is -0.462 e. The molecule has 0 aromatic carbocycles. The molecule has 4 N–H and O–H groups in total. The van der Waals surface area contributed by atoms with E-state index in [0.29, 0.717) is 12.8 Å². The van der Waals surface area contributed by atoms with Crippen LogP contribution in [0.3, 0.4) is 0 Å². The number of aliphatic hydroxyl groups is 3. The molecule has 0 saturated carbocycles. The number of rotatable bonds is 36.